The van der Waals surface area contributed by atoms with E-state index >= 15 is 0 Å². The molecule has 0 aliphatic carbocycles. The molecule has 11 heteroatoms. The Kier molecular flexibility index (Phi) is 15.1. The van der Waals surface area contributed by atoms with Crippen LogP contribution in [0.4, 0.5) is 0 Å². The van der Waals surface area contributed by atoms with Gasteiger partial charge in [0, 0.05) is 31.9 Å². The van der Waals surface area contributed by atoms with Gasteiger partial charge in [-0.2, -0.15) is 0 Å². The van der Waals surface area contributed by atoms with E-state index in [0.29, 0.717) is 24.4 Å². The lowest BCUT2D eigenvalue weighted by Crippen LogP contribution is -2.37. The van der Waals surface area contributed by atoms with Gasteiger partial charge in [0.2, 0.25) is 0 Å². The third-order valence-corrected chi connectivity index (χ3v) is 8.00. The largest absolute Gasteiger partial charge is 0.479 e. The number of aryl methyl sites for hydroxylation is 1. The topological polar surface area (TPSA) is 158 Å². The van der Waals surface area contributed by atoms with E-state index in [4.69, 9.17) is 23.7 Å². The molecule has 1 aliphatic heterocycles. The molecule has 0 aromatic carbocycles. The zero-order valence-electron chi connectivity index (χ0n) is 28.7. The summed E-state index contributed by atoms with van der Waals surface area (Å²) in [5, 5.41) is 29.5. The maximum atomic E-state index is 11.3. The number of methoxy groups -OCH3 is 2. The number of carboxylic acids is 1. The van der Waals surface area contributed by atoms with E-state index in [2.05, 4.69) is 16.6 Å². The second kappa shape index (κ2) is 17.7. The number of nitrogens with zero attached hydrogens (tertiary/aromatic N) is 1. The number of ether oxygens (including phenoxy) is 4. The molecule has 11 nitrogen and oxygen atoms in total. The van der Waals surface area contributed by atoms with Gasteiger partial charge in [-0.1, -0.05) is 49.8 Å². The number of carbonyl (C=O) groups excluding carboxylic acids is 1. The molecular weight excluding hydrogens is 594 g/mol. The number of rotatable bonds is 18. The van der Waals surface area contributed by atoms with Crippen LogP contribution in [0.5, 0.6) is 0 Å². The second-order valence-electron chi connectivity index (χ2n) is 12.9. The number of allylic oxidation sites excluding steroid dienone is 3. The number of aliphatic hydroxyl groups is 2. The normalized spacial score (nSPS) is 22.9. The first-order valence-electron chi connectivity index (χ1n) is 15.7. The number of oxazole rings is 1. The van der Waals surface area contributed by atoms with Crippen molar-refractivity contribution in [3.63, 3.8) is 0 Å². The van der Waals surface area contributed by atoms with Gasteiger partial charge in [-0.25, -0.2) is 14.6 Å². The first-order valence-corrected chi connectivity index (χ1v) is 15.7. The molecule has 0 amide bonds. The Morgan fingerprint density at radius 2 is 1.87 bits per heavy atom. The van der Waals surface area contributed by atoms with Gasteiger partial charge in [0.15, 0.2) is 17.3 Å². The molecule has 1 fully saturated rings. The predicted octanol–water partition coefficient (Wildman–Crippen LogP) is 5.42. The minimum Gasteiger partial charge on any atom is -0.479 e. The van der Waals surface area contributed by atoms with Crippen LogP contribution in [0.3, 0.4) is 0 Å². The van der Waals surface area contributed by atoms with Gasteiger partial charge in [-0.3, -0.25) is 0 Å². The van der Waals surface area contributed by atoms with E-state index in [0.717, 1.165) is 24.0 Å². The van der Waals surface area contributed by atoms with E-state index in [1.54, 1.807) is 38.5 Å². The van der Waals surface area contributed by atoms with Crippen molar-refractivity contribution >= 4 is 17.5 Å². The minimum absolute atomic E-state index is 0.0169. The first-order chi connectivity index (χ1) is 21.5. The Bertz CT molecular complexity index is 1260. The van der Waals surface area contributed by atoms with Gasteiger partial charge in [0.05, 0.1) is 19.3 Å². The highest BCUT2D eigenvalue weighted by Gasteiger charge is 2.44. The van der Waals surface area contributed by atoms with Gasteiger partial charge >= 0.3 is 11.9 Å². The van der Waals surface area contributed by atoms with Crippen LogP contribution in [0, 0.1) is 11.8 Å². The summed E-state index contributed by atoms with van der Waals surface area (Å²) in [6, 6.07) is 0. The van der Waals surface area contributed by atoms with Crippen LogP contribution in [0.2, 0.25) is 0 Å². The lowest BCUT2D eigenvalue weighted by atomic mass is 9.93. The summed E-state index contributed by atoms with van der Waals surface area (Å²) in [7, 11) is 2.98. The van der Waals surface area contributed by atoms with Crippen LogP contribution < -0.4 is 0 Å². The standard InChI is InChI=1S/C35H53NO10/c1-22(12-10-11-17-35(7,41)33(39)40)19-29-32(46-34(5,6)45-29)28(42-8)18-23(2)13-15-30-36-26(21-44-30)25(4)20-27(37)24(3)14-16-31(38)43-9/h10-11,14,16,19-21,23-24,27-29,32,37,41H,12-13,15,17-18H2,1-9H3,(H,39,40)/b11-10-,16-14+,22-19+,25-20+/t23?,24-,27+,28-,29-,32+,35+/m1/s1. The first kappa shape index (κ1) is 39.1. The summed E-state index contributed by atoms with van der Waals surface area (Å²) in [5.74, 6) is -1.95. The molecule has 7 atom stereocenters. The predicted molar refractivity (Wildman–Crippen MR) is 174 cm³/mol. The van der Waals surface area contributed by atoms with Crippen LogP contribution in [-0.2, 0) is 35.0 Å². The average Bonchev–Trinajstić information content (AvgIpc) is 3.58. The van der Waals surface area contributed by atoms with E-state index in [1.165, 1.54) is 20.1 Å². The minimum atomic E-state index is -1.80. The van der Waals surface area contributed by atoms with Crippen molar-refractivity contribution in [2.75, 3.05) is 14.2 Å². The quantitative estimate of drug-likeness (QED) is 0.106. The van der Waals surface area contributed by atoms with Crippen LogP contribution >= 0.6 is 0 Å². The summed E-state index contributed by atoms with van der Waals surface area (Å²) in [5.41, 5.74) is 0.639. The molecule has 0 bridgehead atoms. The van der Waals surface area contributed by atoms with Gasteiger partial charge in [0.25, 0.3) is 0 Å². The molecule has 2 rings (SSSR count). The number of hydrogen-bond acceptors (Lipinski definition) is 10. The van der Waals surface area contributed by atoms with Crippen LogP contribution in [-0.4, -0.2) is 82.3 Å². The second-order valence-corrected chi connectivity index (χ2v) is 12.9. The van der Waals surface area contributed by atoms with E-state index in [9.17, 15) is 19.8 Å². The molecule has 46 heavy (non-hydrogen) atoms. The molecular formula is C35H53NO10. The fourth-order valence-corrected chi connectivity index (χ4v) is 5.01. The molecule has 3 N–H and O–H groups in total. The fraction of sp³-hybridized carbons (Fsp3) is 0.629. The number of hydrogen-bond donors (Lipinski definition) is 3. The molecule has 0 spiro atoms. The van der Waals surface area contributed by atoms with Crippen LogP contribution in [0.25, 0.3) is 5.57 Å². The highest BCUT2D eigenvalue weighted by molar-refractivity contribution is 5.81. The SMILES string of the molecule is COC(=O)/C=C/[C@@H](C)[C@@H](O)/C=C(\C)c1coc(CCC(C)C[C@@H](OC)[C@@H]2OC(C)(C)O[C@@H]2/C=C(\C)C/C=C\C[C@](C)(O)C(=O)O)n1. The highest BCUT2D eigenvalue weighted by Crippen LogP contribution is 2.34. The monoisotopic (exact) mass is 647 g/mol. The number of aromatic nitrogens is 1. The molecule has 1 unspecified atom stereocenters. The Hall–Kier alpha value is -3.09. The van der Waals surface area contributed by atoms with Crippen molar-refractivity contribution in [2.45, 2.75) is 116 Å². The number of carbonyl (C=O) groups is 2. The fourth-order valence-electron chi connectivity index (χ4n) is 5.01. The Labute approximate surface area is 273 Å². The van der Waals surface area contributed by atoms with Crippen LogP contribution in [0.1, 0.15) is 85.7 Å². The van der Waals surface area contributed by atoms with Gasteiger partial charge in [-0.15, -0.1) is 0 Å². The molecule has 0 saturated carbocycles. The summed E-state index contributed by atoms with van der Waals surface area (Å²) >= 11 is 0. The summed E-state index contributed by atoms with van der Waals surface area (Å²) in [6.45, 7) is 12.8. The molecule has 0 radical (unpaired) electrons. The smallest absolute Gasteiger partial charge is 0.335 e. The van der Waals surface area contributed by atoms with Crippen molar-refractivity contribution in [3.8, 4) is 0 Å². The van der Waals surface area contributed by atoms with Crippen molar-refractivity contribution in [1.29, 1.82) is 0 Å². The third-order valence-electron chi connectivity index (χ3n) is 8.00. The van der Waals surface area contributed by atoms with Crippen molar-refractivity contribution in [2.24, 2.45) is 11.8 Å². The molecule has 1 aromatic heterocycles. The van der Waals surface area contributed by atoms with E-state index in [1.807, 2.05) is 39.8 Å². The molecule has 258 valence electrons. The summed E-state index contributed by atoms with van der Waals surface area (Å²) < 4.78 is 28.7. The van der Waals surface area contributed by atoms with Gasteiger partial charge < -0.3 is 38.7 Å². The lowest BCUT2D eigenvalue weighted by Gasteiger charge is -2.27. The number of esters is 1. The zero-order valence-corrected chi connectivity index (χ0v) is 28.7. The molecule has 1 saturated heterocycles. The Morgan fingerprint density at radius 1 is 1.17 bits per heavy atom. The Balaban J connectivity index is 1.98. The number of carboxylic acid groups (broad SMARTS) is 1. The molecule has 2 heterocycles. The van der Waals surface area contributed by atoms with Gasteiger partial charge in [0.1, 0.15) is 24.2 Å². The number of aliphatic hydroxyl groups excluding tert-OH is 1. The average molecular weight is 648 g/mol. The lowest BCUT2D eigenvalue weighted by molar-refractivity contribution is -0.157. The van der Waals surface area contributed by atoms with Crippen molar-refractivity contribution in [1.82, 2.24) is 4.98 Å². The Morgan fingerprint density at radius 3 is 2.50 bits per heavy atom. The van der Waals surface area contributed by atoms with Crippen molar-refractivity contribution < 1.29 is 48.3 Å². The van der Waals surface area contributed by atoms with Crippen LogP contribution in [0.15, 0.2) is 52.7 Å². The van der Waals surface area contributed by atoms with E-state index < -0.39 is 29.4 Å². The maximum absolute atomic E-state index is 11.3. The molecule has 1 aliphatic rings. The van der Waals surface area contributed by atoms with Crippen molar-refractivity contribution in [3.05, 3.63) is 59.9 Å². The summed E-state index contributed by atoms with van der Waals surface area (Å²) in [6.07, 6.45) is 12.8. The summed E-state index contributed by atoms with van der Waals surface area (Å²) in [4.78, 5) is 27.0. The third kappa shape index (κ3) is 12.6. The highest BCUT2D eigenvalue weighted by atomic mass is 16.8. The maximum Gasteiger partial charge on any atom is 0.335 e. The van der Waals surface area contributed by atoms with Gasteiger partial charge in [-0.05, 0) is 65.4 Å². The molecule has 1 aromatic rings. The number of aliphatic carboxylic acids is 1. The zero-order chi connectivity index (χ0) is 34.7. The van der Waals surface area contributed by atoms with E-state index in [-0.39, 0.29) is 36.6 Å².